The number of hydrogen-bond acceptors (Lipinski definition) is 5. The molecular formula is C19H18FNO4S2. The van der Waals surface area contributed by atoms with Crippen LogP contribution in [0.15, 0.2) is 58.8 Å². The molecule has 1 heterocycles. The lowest BCUT2D eigenvalue weighted by molar-refractivity contribution is 0.387. The first-order chi connectivity index (χ1) is 12.9. The van der Waals surface area contributed by atoms with Crippen LogP contribution in [0.2, 0.25) is 0 Å². The van der Waals surface area contributed by atoms with Crippen LogP contribution < -0.4 is 9.46 Å². The zero-order chi connectivity index (χ0) is 19.4. The third-order valence-corrected chi connectivity index (χ3v) is 6.98. The molecule has 0 radical (unpaired) electrons. The van der Waals surface area contributed by atoms with Crippen molar-refractivity contribution in [3.8, 4) is 21.9 Å². The van der Waals surface area contributed by atoms with Crippen molar-refractivity contribution in [2.45, 2.75) is 10.6 Å². The van der Waals surface area contributed by atoms with Crippen molar-refractivity contribution in [1.29, 1.82) is 0 Å². The van der Waals surface area contributed by atoms with Gasteiger partial charge in [-0.15, -0.1) is 11.3 Å². The molecule has 2 aromatic carbocycles. The standard InChI is InChI=1S/C19H18FNO4S2/c1-25-16-7-3-6-15(19(16)20)17-8-9-18(26-17)27(23,24)21-11-10-13-4-2-5-14(22)12-13/h2-9,12,21-22H,10-11H2,1H3. The quantitative estimate of drug-likeness (QED) is 0.625. The molecule has 3 rings (SSSR count). The van der Waals surface area contributed by atoms with E-state index in [4.69, 9.17) is 4.74 Å². The monoisotopic (exact) mass is 407 g/mol. The van der Waals surface area contributed by atoms with E-state index in [1.54, 1.807) is 36.4 Å². The summed E-state index contributed by atoms with van der Waals surface area (Å²) in [6.45, 7) is 0.187. The number of nitrogens with one attached hydrogen (secondary N) is 1. The van der Waals surface area contributed by atoms with Crippen LogP contribution >= 0.6 is 11.3 Å². The summed E-state index contributed by atoms with van der Waals surface area (Å²) >= 11 is 0.989. The summed E-state index contributed by atoms with van der Waals surface area (Å²) < 4.78 is 46.9. The van der Waals surface area contributed by atoms with Crippen LogP contribution in [0, 0.1) is 5.82 Å². The fourth-order valence-electron chi connectivity index (χ4n) is 2.58. The number of rotatable bonds is 7. The van der Waals surface area contributed by atoms with E-state index >= 15 is 0 Å². The summed E-state index contributed by atoms with van der Waals surface area (Å²) in [5.74, 6) is -0.282. The predicted octanol–water partition coefficient (Wildman–Crippen LogP) is 3.79. The van der Waals surface area contributed by atoms with Gasteiger partial charge < -0.3 is 9.84 Å². The first-order valence-electron chi connectivity index (χ1n) is 8.11. The Morgan fingerprint density at radius 1 is 1.15 bits per heavy atom. The summed E-state index contributed by atoms with van der Waals surface area (Å²) in [7, 11) is -2.33. The maximum atomic E-state index is 14.4. The van der Waals surface area contributed by atoms with E-state index in [0.717, 1.165) is 16.9 Å². The lowest BCUT2D eigenvalue weighted by Gasteiger charge is -2.06. The molecule has 3 aromatic rings. The minimum absolute atomic E-state index is 0.106. The molecule has 0 aliphatic carbocycles. The fourth-order valence-corrected chi connectivity index (χ4v) is 4.98. The Balaban J connectivity index is 1.73. The minimum atomic E-state index is -3.70. The summed E-state index contributed by atoms with van der Waals surface area (Å²) in [5.41, 5.74) is 1.11. The third kappa shape index (κ3) is 4.47. The van der Waals surface area contributed by atoms with E-state index in [2.05, 4.69) is 4.72 Å². The number of thiophene rings is 1. The van der Waals surface area contributed by atoms with Crippen molar-refractivity contribution in [3.63, 3.8) is 0 Å². The number of aromatic hydroxyl groups is 1. The molecule has 0 unspecified atom stereocenters. The molecule has 0 aliphatic heterocycles. The van der Waals surface area contributed by atoms with Crippen molar-refractivity contribution in [2.75, 3.05) is 13.7 Å². The Kier molecular flexibility index (Phi) is 5.79. The highest BCUT2D eigenvalue weighted by atomic mass is 32.2. The van der Waals surface area contributed by atoms with Gasteiger partial charge in [0.05, 0.1) is 7.11 Å². The normalized spacial score (nSPS) is 11.5. The van der Waals surface area contributed by atoms with E-state index in [-0.39, 0.29) is 22.3 Å². The van der Waals surface area contributed by atoms with E-state index in [1.165, 1.54) is 19.2 Å². The fraction of sp³-hybridized carbons (Fsp3) is 0.158. The highest BCUT2D eigenvalue weighted by Crippen LogP contribution is 2.35. The molecule has 0 amide bonds. The smallest absolute Gasteiger partial charge is 0.250 e. The van der Waals surface area contributed by atoms with E-state index < -0.39 is 15.8 Å². The number of methoxy groups -OCH3 is 1. The van der Waals surface area contributed by atoms with Gasteiger partial charge >= 0.3 is 0 Å². The zero-order valence-corrected chi connectivity index (χ0v) is 16.1. The zero-order valence-electron chi connectivity index (χ0n) is 14.5. The summed E-state index contributed by atoms with van der Waals surface area (Å²) in [4.78, 5) is 0.500. The van der Waals surface area contributed by atoms with Crippen LogP contribution in [-0.4, -0.2) is 27.2 Å². The first kappa shape index (κ1) is 19.3. The second-order valence-corrected chi connectivity index (χ2v) is 8.84. The number of hydrogen-bond donors (Lipinski definition) is 2. The van der Waals surface area contributed by atoms with Gasteiger partial charge in [0.15, 0.2) is 11.6 Å². The van der Waals surface area contributed by atoms with Crippen molar-refractivity contribution >= 4 is 21.4 Å². The lowest BCUT2D eigenvalue weighted by Crippen LogP contribution is -2.25. The minimum Gasteiger partial charge on any atom is -0.508 e. The maximum Gasteiger partial charge on any atom is 0.250 e. The van der Waals surface area contributed by atoms with Crippen molar-refractivity contribution < 1.29 is 22.7 Å². The number of benzene rings is 2. The number of phenols is 1. The second kappa shape index (κ2) is 8.08. The molecule has 142 valence electrons. The average Bonchev–Trinajstić information content (AvgIpc) is 3.13. The predicted molar refractivity (Wildman–Crippen MR) is 103 cm³/mol. The second-order valence-electron chi connectivity index (χ2n) is 5.76. The largest absolute Gasteiger partial charge is 0.508 e. The summed E-state index contributed by atoms with van der Waals surface area (Å²) in [6.07, 6.45) is 0.441. The number of halogens is 1. The van der Waals surface area contributed by atoms with Gasteiger partial charge in [0.2, 0.25) is 10.0 Å². The average molecular weight is 407 g/mol. The Hall–Kier alpha value is -2.42. The van der Waals surface area contributed by atoms with E-state index in [9.17, 15) is 17.9 Å². The number of phenolic OH excluding ortho intramolecular Hbond substituents is 1. The Labute approximate surface area is 161 Å². The molecule has 0 spiro atoms. The molecule has 0 fully saturated rings. The molecule has 0 bridgehead atoms. The van der Waals surface area contributed by atoms with Crippen LogP contribution in [0.25, 0.3) is 10.4 Å². The topological polar surface area (TPSA) is 75.6 Å². The van der Waals surface area contributed by atoms with Gasteiger partial charge in [-0.2, -0.15) is 0 Å². The van der Waals surface area contributed by atoms with Gasteiger partial charge in [-0.3, -0.25) is 0 Å². The maximum absolute atomic E-state index is 14.4. The Morgan fingerprint density at radius 2 is 1.93 bits per heavy atom. The molecule has 5 nitrogen and oxygen atoms in total. The molecule has 0 atom stereocenters. The Morgan fingerprint density at radius 3 is 2.67 bits per heavy atom. The van der Waals surface area contributed by atoms with Crippen LogP contribution in [0.1, 0.15) is 5.56 Å². The van der Waals surface area contributed by atoms with Gasteiger partial charge in [0.25, 0.3) is 0 Å². The van der Waals surface area contributed by atoms with Gasteiger partial charge in [-0.05, 0) is 42.3 Å². The van der Waals surface area contributed by atoms with E-state index in [0.29, 0.717) is 16.9 Å². The highest BCUT2D eigenvalue weighted by molar-refractivity contribution is 7.91. The molecule has 1 aromatic heterocycles. The summed E-state index contributed by atoms with van der Waals surface area (Å²) in [5, 5.41) is 9.44. The van der Waals surface area contributed by atoms with Crippen molar-refractivity contribution in [3.05, 3.63) is 66.0 Å². The van der Waals surface area contributed by atoms with Gasteiger partial charge in [0.1, 0.15) is 9.96 Å². The molecular weight excluding hydrogens is 389 g/mol. The van der Waals surface area contributed by atoms with Crippen molar-refractivity contribution in [2.24, 2.45) is 0 Å². The van der Waals surface area contributed by atoms with Crippen LogP contribution in [-0.2, 0) is 16.4 Å². The van der Waals surface area contributed by atoms with Crippen LogP contribution in [0.3, 0.4) is 0 Å². The Bertz CT molecular complexity index is 1050. The van der Waals surface area contributed by atoms with Crippen molar-refractivity contribution in [1.82, 2.24) is 4.72 Å². The first-order valence-corrected chi connectivity index (χ1v) is 10.4. The number of ether oxygens (including phenoxy) is 1. The van der Waals surface area contributed by atoms with E-state index in [1.807, 2.05) is 6.07 Å². The van der Waals surface area contributed by atoms with Gasteiger partial charge in [-0.1, -0.05) is 24.3 Å². The molecule has 8 heteroatoms. The summed E-state index contributed by atoms with van der Waals surface area (Å²) in [6, 6.07) is 14.4. The lowest BCUT2D eigenvalue weighted by atomic mass is 10.1. The van der Waals surface area contributed by atoms with Crippen LogP contribution in [0.4, 0.5) is 4.39 Å². The molecule has 27 heavy (non-hydrogen) atoms. The molecule has 0 saturated heterocycles. The molecule has 0 aliphatic rings. The molecule has 2 N–H and O–H groups in total. The highest BCUT2D eigenvalue weighted by Gasteiger charge is 2.19. The molecule has 0 saturated carbocycles. The van der Waals surface area contributed by atoms with Gasteiger partial charge in [-0.25, -0.2) is 17.5 Å². The third-order valence-electron chi connectivity index (χ3n) is 3.91. The SMILES string of the molecule is COc1cccc(-c2ccc(S(=O)(=O)NCCc3cccc(O)c3)s2)c1F. The van der Waals surface area contributed by atoms with Gasteiger partial charge in [0, 0.05) is 17.0 Å². The number of sulfonamides is 1. The van der Waals surface area contributed by atoms with Crippen LogP contribution in [0.5, 0.6) is 11.5 Å².